The van der Waals surface area contributed by atoms with Crippen LogP contribution in [0, 0.1) is 5.41 Å². The molecule has 1 aromatic carbocycles. The predicted molar refractivity (Wildman–Crippen MR) is 64.7 cm³/mol. The van der Waals surface area contributed by atoms with Gasteiger partial charge in [0.05, 0.1) is 4.90 Å². The summed E-state index contributed by atoms with van der Waals surface area (Å²) in [5, 5.41) is 9.50. The van der Waals surface area contributed by atoms with Crippen LogP contribution in [0.3, 0.4) is 0 Å². The summed E-state index contributed by atoms with van der Waals surface area (Å²) in [4.78, 5) is 10.8. The van der Waals surface area contributed by atoms with Gasteiger partial charge >= 0.3 is 0 Å². The summed E-state index contributed by atoms with van der Waals surface area (Å²) < 4.78 is 23.3. The molecule has 0 bridgehead atoms. The zero-order valence-electron chi connectivity index (χ0n) is 9.23. The van der Waals surface area contributed by atoms with Crippen LogP contribution in [0.4, 0.5) is 5.69 Å². The minimum absolute atomic E-state index is 0.0711. The normalized spacial score (nSPS) is 10.9. The Morgan fingerprint density at radius 2 is 1.88 bits per heavy atom. The third-order valence-electron chi connectivity index (χ3n) is 1.88. The standard InChI is InChI=1S/C10H13N3O3S/c1-7(14)13-8-2-4-9(5-3-8)17(15,16)6-10(11)12/h2-5H,6H2,1H3,(H3,11,12)(H,13,14). The number of anilines is 1. The number of benzene rings is 1. The van der Waals surface area contributed by atoms with Crippen molar-refractivity contribution < 1.29 is 13.2 Å². The zero-order chi connectivity index (χ0) is 13.1. The van der Waals surface area contributed by atoms with Crippen LogP contribution in [0.2, 0.25) is 0 Å². The van der Waals surface area contributed by atoms with Crippen LogP contribution < -0.4 is 11.1 Å². The van der Waals surface area contributed by atoms with E-state index in [4.69, 9.17) is 11.1 Å². The van der Waals surface area contributed by atoms with Crippen molar-refractivity contribution >= 4 is 27.3 Å². The highest BCUT2D eigenvalue weighted by molar-refractivity contribution is 7.92. The highest BCUT2D eigenvalue weighted by Crippen LogP contribution is 2.15. The lowest BCUT2D eigenvalue weighted by molar-refractivity contribution is -0.114. The topological polar surface area (TPSA) is 113 Å². The molecule has 4 N–H and O–H groups in total. The fourth-order valence-corrected chi connectivity index (χ4v) is 2.36. The fourth-order valence-electron chi connectivity index (χ4n) is 1.24. The Morgan fingerprint density at radius 1 is 1.35 bits per heavy atom. The van der Waals surface area contributed by atoms with Gasteiger partial charge in [-0.15, -0.1) is 0 Å². The van der Waals surface area contributed by atoms with Crippen molar-refractivity contribution in [3.8, 4) is 0 Å². The van der Waals surface area contributed by atoms with E-state index in [1.165, 1.54) is 31.2 Å². The molecule has 0 atom stereocenters. The molecule has 0 aliphatic rings. The van der Waals surface area contributed by atoms with Crippen molar-refractivity contribution in [3.63, 3.8) is 0 Å². The average molecular weight is 255 g/mol. The molecule has 6 nitrogen and oxygen atoms in total. The van der Waals surface area contributed by atoms with Crippen molar-refractivity contribution in [3.05, 3.63) is 24.3 Å². The molecule has 0 radical (unpaired) electrons. The second-order valence-electron chi connectivity index (χ2n) is 3.49. The molecule has 0 fully saturated rings. The molecule has 7 heteroatoms. The van der Waals surface area contributed by atoms with Gasteiger partial charge < -0.3 is 11.1 Å². The van der Waals surface area contributed by atoms with Gasteiger partial charge in [0.25, 0.3) is 0 Å². The first kappa shape index (κ1) is 13.2. The molecule has 0 aliphatic carbocycles. The van der Waals surface area contributed by atoms with E-state index in [-0.39, 0.29) is 10.8 Å². The lowest BCUT2D eigenvalue weighted by Crippen LogP contribution is -2.22. The van der Waals surface area contributed by atoms with Crippen molar-refractivity contribution in [1.82, 2.24) is 0 Å². The van der Waals surface area contributed by atoms with E-state index in [0.717, 1.165) is 0 Å². The van der Waals surface area contributed by atoms with Gasteiger partial charge in [0.15, 0.2) is 9.84 Å². The van der Waals surface area contributed by atoms with Crippen molar-refractivity contribution in [1.29, 1.82) is 5.41 Å². The van der Waals surface area contributed by atoms with E-state index >= 15 is 0 Å². The summed E-state index contributed by atoms with van der Waals surface area (Å²) in [5.74, 6) is -1.15. The van der Waals surface area contributed by atoms with Gasteiger partial charge in [-0.05, 0) is 24.3 Å². The molecule has 1 aromatic rings. The Kier molecular flexibility index (Phi) is 3.84. The summed E-state index contributed by atoms with van der Waals surface area (Å²) >= 11 is 0. The molecular weight excluding hydrogens is 242 g/mol. The number of rotatable bonds is 4. The maximum absolute atomic E-state index is 11.7. The van der Waals surface area contributed by atoms with Crippen LogP contribution >= 0.6 is 0 Å². The van der Waals surface area contributed by atoms with Gasteiger partial charge in [-0.2, -0.15) is 0 Å². The van der Waals surface area contributed by atoms with Gasteiger partial charge in [-0.3, -0.25) is 10.2 Å². The summed E-state index contributed by atoms with van der Waals surface area (Å²) in [6.07, 6.45) is 0. The number of hydrogen-bond acceptors (Lipinski definition) is 4. The maximum Gasteiger partial charge on any atom is 0.221 e. The molecule has 0 spiro atoms. The van der Waals surface area contributed by atoms with Crippen molar-refractivity contribution in [2.24, 2.45) is 5.73 Å². The van der Waals surface area contributed by atoms with Crippen LogP contribution in [0.25, 0.3) is 0 Å². The molecule has 0 aliphatic heterocycles. The van der Waals surface area contributed by atoms with E-state index < -0.39 is 21.4 Å². The number of amidine groups is 1. The highest BCUT2D eigenvalue weighted by Gasteiger charge is 2.15. The van der Waals surface area contributed by atoms with E-state index in [2.05, 4.69) is 5.32 Å². The number of carbonyl (C=O) groups is 1. The first-order chi connectivity index (χ1) is 7.81. The number of carbonyl (C=O) groups excluding carboxylic acids is 1. The molecule has 0 saturated carbocycles. The molecule has 0 saturated heterocycles. The maximum atomic E-state index is 11.7. The quantitative estimate of drug-likeness (QED) is 0.532. The first-order valence-corrected chi connectivity index (χ1v) is 6.40. The first-order valence-electron chi connectivity index (χ1n) is 4.74. The van der Waals surface area contributed by atoms with E-state index in [9.17, 15) is 13.2 Å². The Bertz CT molecular complexity index is 534. The van der Waals surface area contributed by atoms with Gasteiger partial charge in [-0.25, -0.2) is 8.42 Å². The Hall–Kier alpha value is -1.89. The Morgan fingerprint density at radius 3 is 2.29 bits per heavy atom. The molecule has 0 heterocycles. The summed E-state index contributed by atoms with van der Waals surface area (Å²) in [6, 6.07) is 5.69. The van der Waals surface area contributed by atoms with Crippen LogP contribution in [-0.4, -0.2) is 25.9 Å². The minimum Gasteiger partial charge on any atom is -0.387 e. The number of sulfone groups is 1. The van der Waals surface area contributed by atoms with E-state index in [1.807, 2.05) is 0 Å². The summed E-state index contributed by atoms with van der Waals surface area (Å²) in [6.45, 7) is 1.36. The minimum atomic E-state index is -3.57. The third-order valence-corrected chi connectivity index (χ3v) is 3.56. The highest BCUT2D eigenvalue weighted by atomic mass is 32.2. The number of nitrogens with one attached hydrogen (secondary N) is 2. The third kappa shape index (κ3) is 3.87. The van der Waals surface area contributed by atoms with Gasteiger partial charge in [0, 0.05) is 12.6 Å². The Balaban J connectivity index is 2.94. The molecule has 17 heavy (non-hydrogen) atoms. The molecule has 0 unspecified atom stereocenters. The van der Waals surface area contributed by atoms with Crippen molar-refractivity contribution in [2.45, 2.75) is 11.8 Å². The molecular formula is C10H13N3O3S. The lowest BCUT2D eigenvalue weighted by Gasteiger charge is -2.05. The van der Waals surface area contributed by atoms with Crippen LogP contribution in [0.1, 0.15) is 6.92 Å². The predicted octanol–water partition coefficient (Wildman–Crippen LogP) is 0.355. The molecule has 1 rings (SSSR count). The average Bonchev–Trinajstić information content (AvgIpc) is 2.15. The number of nitrogens with two attached hydrogens (primary N) is 1. The smallest absolute Gasteiger partial charge is 0.221 e. The van der Waals surface area contributed by atoms with Crippen molar-refractivity contribution in [2.75, 3.05) is 11.1 Å². The van der Waals surface area contributed by atoms with Gasteiger partial charge in [0.1, 0.15) is 11.6 Å². The monoisotopic (exact) mass is 255 g/mol. The molecule has 92 valence electrons. The zero-order valence-corrected chi connectivity index (χ0v) is 10.0. The summed E-state index contributed by atoms with van der Waals surface area (Å²) in [7, 11) is -3.57. The SMILES string of the molecule is CC(=O)Nc1ccc(S(=O)(=O)CC(=N)N)cc1. The lowest BCUT2D eigenvalue weighted by atomic mass is 10.3. The second kappa shape index (κ2) is 4.96. The van der Waals surface area contributed by atoms with Gasteiger partial charge in [-0.1, -0.05) is 0 Å². The molecule has 0 aromatic heterocycles. The number of hydrogen-bond donors (Lipinski definition) is 3. The number of amides is 1. The van der Waals surface area contributed by atoms with Crippen LogP contribution in [0.5, 0.6) is 0 Å². The fraction of sp³-hybridized carbons (Fsp3) is 0.200. The van der Waals surface area contributed by atoms with Crippen LogP contribution in [0.15, 0.2) is 29.2 Å². The van der Waals surface area contributed by atoms with E-state index in [0.29, 0.717) is 5.69 Å². The largest absolute Gasteiger partial charge is 0.387 e. The van der Waals surface area contributed by atoms with Gasteiger partial charge in [0.2, 0.25) is 5.91 Å². The second-order valence-corrected chi connectivity index (χ2v) is 5.48. The summed E-state index contributed by atoms with van der Waals surface area (Å²) in [5.41, 5.74) is 5.57. The van der Waals surface area contributed by atoms with E-state index in [1.54, 1.807) is 0 Å². The Labute approximate surface area is 99.3 Å². The van der Waals surface area contributed by atoms with Crippen LogP contribution in [-0.2, 0) is 14.6 Å². The molecule has 1 amide bonds.